The number of nitrogens with one attached hydrogen (secondary N) is 1. The van der Waals surface area contributed by atoms with Gasteiger partial charge in [0.1, 0.15) is 0 Å². The van der Waals surface area contributed by atoms with E-state index in [2.05, 4.69) is 18.8 Å². The highest BCUT2D eigenvalue weighted by atomic mass is 16.5. The van der Waals surface area contributed by atoms with Crippen LogP contribution in [0.15, 0.2) is 12.2 Å². The standard InChI is InChI=1S/C12H23NO3/c1-3-4-7-13-8-6-11(2)12(15)16-10-5-9-14/h13-14H,2-10H2,1H3. The van der Waals surface area contributed by atoms with Crippen LogP contribution < -0.4 is 5.32 Å². The zero-order valence-corrected chi connectivity index (χ0v) is 10.1. The zero-order chi connectivity index (χ0) is 12.2. The number of ether oxygens (including phenoxy) is 1. The molecule has 0 aromatic carbocycles. The van der Waals surface area contributed by atoms with Gasteiger partial charge in [-0.2, -0.15) is 0 Å². The average molecular weight is 229 g/mol. The van der Waals surface area contributed by atoms with Crippen molar-refractivity contribution in [2.24, 2.45) is 0 Å². The molecule has 0 aliphatic heterocycles. The molecule has 0 rings (SSSR count). The van der Waals surface area contributed by atoms with Gasteiger partial charge >= 0.3 is 5.97 Å². The van der Waals surface area contributed by atoms with Crippen molar-refractivity contribution in [3.05, 3.63) is 12.2 Å². The minimum atomic E-state index is -0.356. The average Bonchev–Trinajstić information content (AvgIpc) is 2.28. The minimum Gasteiger partial charge on any atom is -0.462 e. The number of carbonyl (C=O) groups is 1. The molecule has 0 spiro atoms. The van der Waals surface area contributed by atoms with Gasteiger partial charge in [-0.25, -0.2) is 4.79 Å². The fourth-order valence-corrected chi connectivity index (χ4v) is 1.10. The third-order valence-corrected chi connectivity index (χ3v) is 2.13. The summed E-state index contributed by atoms with van der Waals surface area (Å²) in [5.41, 5.74) is 0.488. The van der Waals surface area contributed by atoms with Crippen molar-refractivity contribution < 1.29 is 14.6 Å². The van der Waals surface area contributed by atoms with Gasteiger partial charge < -0.3 is 15.2 Å². The number of esters is 1. The van der Waals surface area contributed by atoms with E-state index >= 15 is 0 Å². The maximum absolute atomic E-state index is 11.3. The second-order valence-electron chi connectivity index (χ2n) is 3.67. The first-order chi connectivity index (χ1) is 7.72. The molecule has 0 saturated carbocycles. The summed E-state index contributed by atoms with van der Waals surface area (Å²) in [5, 5.41) is 11.7. The molecule has 16 heavy (non-hydrogen) atoms. The number of unbranched alkanes of at least 4 members (excludes halogenated alkanes) is 1. The van der Waals surface area contributed by atoms with Crippen LogP contribution in [0.5, 0.6) is 0 Å². The molecule has 0 radical (unpaired) electrons. The lowest BCUT2D eigenvalue weighted by Gasteiger charge is -2.07. The van der Waals surface area contributed by atoms with Gasteiger partial charge in [0.2, 0.25) is 0 Å². The third kappa shape index (κ3) is 8.44. The first-order valence-electron chi connectivity index (χ1n) is 5.88. The topological polar surface area (TPSA) is 58.6 Å². The van der Waals surface area contributed by atoms with E-state index in [1.165, 1.54) is 0 Å². The predicted octanol–water partition coefficient (Wildman–Crippen LogP) is 1.25. The quantitative estimate of drug-likeness (QED) is 0.336. The van der Waals surface area contributed by atoms with Gasteiger partial charge in [-0.15, -0.1) is 0 Å². The molecular formula is C12H23NO3. The molecule has 4 heteroatoms. The maximum atomic E-state index is 11.3. The summed E-state index contributed by atoms with van der Waals surface area (Å²) in [6.45, 7) is 7.85. The Labute approximate surface area is 97.7 Å². The fourth-order valence-electron chi connectivity index (χ4n) is 1.10. The van der Waals surface area contributed by atoms with Crippen LogP contribution in [0.2, 0.25) is 0 Å². The van der Waals surface area contributed by atoms with Crippen LogP contribution in [-0.2, 0) is 9.53 Å². The molecule has 0 fully saturated rings. The molecule has 0 amide bonds. The minimum absolute atomic E-state index is 0.0400. The van der Waals surface area contributed by atoms with E-state index in [4.69, 9.17) is 9.84 Å². The number of carbonyl (C=O) groups excluding carboxylic acids is 1. The number of rotatable bonds is 10. The van der Waals surface area contributed by atoms with Crippen molar-refractivity contribution in [3.8, 4) is 0 Å². The Balaban J connectivity index is 3.44. The van der Waals surface area contributed by atoms with Crippen LogP contribution in [0.1, 0.15) is 32.6 Å². The van der Waals surface area contributed by atoms with Crippen LogP contribution in [-0.4, -0.2) is 37.4 Å². The van der Waals surface area contributed by atoms with Crippen molar-refractivity contribution in [3.63, 3.8) is 0 Å². The van der Waals surface area contributed by atoms with E-state index in [-0.39, 0.29) is 19.2 Å². The zero-order valence-electron chi connectivity index (χ0n) is 10.1. The van der Waals surface area contributed by atoms with E-state index < -0.39 is 0 Å². The number of hydrogen-bond donors (Lipinski definition) is 2. The van der Waals surface area contributed by atoms with Gasteiger partial charge in [0.15, 0.2) is 0 Å². The normalized spacial score (nSPS) is 10.1. The molecule has 0 bridgehead atoms. The molecular weight excluding hydrogens is 206 g/mol. The Morgan fingerprint density at radius 1 is 1.38 bits per heavy atom. The van der Waals surface area contributed by atoms with Gasteiger partial charge in [0, 0.05) is 18.6 Å². The highest BCUT2D eigenvalue weighted by Gasteiger charge is 2.07. The molecule has 0 aliphatic rings. The molecule has 4 nitrogen and oxygen atoms in total. The molecule has 0 saturated heterocycles. The molecule has 94 valence electrons. The lowest BCUT2D eigenvalue weighted by Crippen LogP contribution is -2.19. The fraction of sp³-hybridized carbons (Fsp3) is 0.750. The number of aliphatic hydroxyl groups is 1. The lowest BCUT2D eigenvalue weighted by atomic mass is 10.2. The third-order valence-electron chi connectivity index (χ3n) is 2.13. The second-order valence-corrected chi connectivity index (χ2v) is 3.67. The lowest BCUT2D eigenvalue weighted by molar-refractivity contribution is -0.139. The van der Waals surface area contributed by atoms with E-state index in [9.17, 15) is 4.79 Å². The summed E-state index contributed by atoms with van der Waals surface area (Å²) in [6, 6.07) is 0. The molecule has 0 aromatic heterocycles. The highest BCUT2D eigenvalue weighted by Crippen LogP contribution is 2.00. The Bertz CT molecular complexity index is 204. The van der Waals surface area contributed by atoms with Gasteiger partial charge in [0.25, 0.3) is 0 Å². The summed E-state index contributed by atoms with van der Waals surface area (Å²) in [5.74, 6) is -0.356. The summed E-state index contributed by atoms with van der Waals surface area (Å²) < 4.78 is 4.90. The summed E-state index contributed by atoms with van der Waals surface area (Å²) in [6.07, 6.45) is 3.40. The monoisotopic (exact) mass is 229 g/mol. The molecule has 0 heterocycles. The van der Waals surface area contributed by atoms with Crippen LogP contribution in [0.25, 0.3) is 0 Å². The second kappa shape index (κ2) is 10.6. The predicted molar refractivity (Wildman–Crippen MR) is 64.2 cm³/mol. The van der Waals surface area contributed by atoms with E-state index in [1.54, 1.807) is 0 Å². The van der Waals surface area contributed by atoms with Crippen molar-refractivity contribution in [2.45, 2.75) is 32.6 Å². The summed E-state index contributed by atoms with van der Waals surface area (Å²) in [7, 11) is 0. The molecule has 0 unspecified atom stereocenters. The van der Waals surface area contributed by atoms with Crippen molar-refractivity contribution in [1.82, 2.24) is 5.32 Å². The summed E-state index contributed by atoms with van der Waals surface area (Å²) in [4.78, 5) is 11.3. The maximum Gasteiger partial charge on any atom is 0.333 e. The van der Waals surface area contributed by atoms with Crippen LogP contribution in [0, 0.1) is 0 Å². The van der Waals surface area contributed by atoms with E-state index in [1.807, 2.05) is 0 Å². The largest absolute Gasteiger partial charge is 0.462 e. The number of aliphatic hydroxyl groups excluding tert-OH is 1. The van der Waals surface area contributed by atoms with Gasteiger partial charge in [-0.1, -0.05) is 19.9 Å². The van der Waals surface area contributed by atoms with Gasteiger partial charge in [0.05, 0.1) is 6.61 Å². The molecule has 2 N–H and O–H groups in total. The van der Waals surface area contributed by atoms with Crippen molar-refractivity contribution in [1.29, 1.82) is 0 Å². The Hall–Kier alpha value is -0.870. The SMILES string of the molecule is C=C(CCNCCCC)C(=O)OCCCO. The van der Waals surface area contributed by atoms with Crippen LogP contribution in [0.3, 0.4) is 0 Å². The van der Waals surface area contributed by atoms with Crippen molar-refractivity contribution in [2.75, 3.05) is 26.3 Å². The van der Waals surface area contributed by atoms with E-state index in [0.717, 1.165) is 25.9 Å². The Morgan fingerprint density at radius 2 is 2.12 bits per heavy atom. The molecule has 0 atom stereocenters. The Morgan fingerprint density at radius 3 is 2.75 bits per heavy atom. The Kier molecular flexibility index (Phi) is 10.1. The smallest absolute Gasteiger partial charge is 0.333 e. The first kappa shape index (κ1) is 15.1. The van der Waals surface area contributed by atoms with Crippen LogP contribution >= 0.6 is 0 Å². The summed E-state index contributed by atoms with van der Waals surface area (Å²) >= 11 is 0. The molecule has 0 aromatic rings. The van der Waals surface area contributed by atoms with E-state index in [0.29, 0.717) is 18.4 Å². The molecule has 0 aliphatic carbocycles. The van der Waals surface area contributed by atoms with Crippen molar-refractivity contribution >= 4 is 5.97 Å². The van der Waals surface area contributed by atoms with Gasteiger partial charge in [-0.3, -0.25) is 0 Å². The number of hydrogen-bond acceptors (Lipinski definition) is 4. The van der Waals surface area contributed by atoms with Crippen LogP contribution in [0.4, 0.5) is 0 Å². The first-order valence-corrected chi connectivity index (χ1v) is 5.88. The van der Waals surface area contributed by atoms with Gasteiger partial charge in [-0.05, 0) is 25.9 Å². The highest BCUT2D eigenvalue weighted by molar-refractivity contribution is 5.87.